The number of rotatable bonds is 12. The molecular weight excluding hydrogens is 594 g/mol. The molecule has 224 valence electrons. The standard InChI is InChI=1S/C15H27NO19S3/c1-3-5-11(35-38(27,28)29)9(18)12(13(32-5)14(19)20)34-15-7(16-36(21,22)23)8(17)10(30-2)6(33-15)4-31-37(24,25)26/h5-13,15-18H,3-4H2,1-2H3,(H,19,20)(H,21,22,23)(H,24,25,26)(H,27,28,29)/p-4/t5-,6?,7?,8+,9+,10-,11?,12+,13?,15-/m0/s1. The minimum atomic E-state index is -5.51. The van der Waals surface area contributed by atoms with Crippen LogP contribution in [0.2, 0.25) is 0 Å². The predicted molar refractivity (Wildman–Crippen MR) is 107 cm³/mol. The highest BCUT2D eigenvalue weighted by atomic mass is 32.3. The van der Waals surface area contributed by atoms with E-state index in [9.17, 15) is 59.0 Å². The minimum Gasteiger partial charge on any atom is -0.735 e. The zero-order chi connectivity index (χ0) is 29.2. The van der Waals surface area contributed by atoms with Crippen molar-refractivity contribution in [1.82, 2.24) is 4.72 Å². The number of carboxylic acid groups (broad SMARTS) is 1. The number of carbonyl (C=O) groups excluding carboxylic acids is 1. The number of aliphatic hydroxyl groups is 2. The van der Waals surface area contributed by atoms with Crippen molar-refractivity contribution in [3.05, 3.63) is 0 Å². The van der Waals surface area contributed by atoms with E-state index < -0.39 is 105 Å². The Kier molecular flexibility index (Phi) is 10.9. The largest absolute Gasteiger partial charge is 0.735 e. The quantitative estimate of drug-likeness (QED) is 0.135. The Morgan fingerprint density at radius 3 is 1.97 bits per heavy atom. The van der Waals surface area contributed by atoms with E-state index in [1.54, 1.807) is 0 Å². The van der Waals surface area contributed by atoms with Crippen LogP contribution in [0.15, 0.2) is 0 Å². The highest BCUT2D eigenvalue weighted by Crippen LogP contribution is 2.32. The molecule has 0 saturated carbocycles. The topological polar surface area (TPSA) is 320 Å². The van der Waals surface area contributed by atoms with Gasteiger partial charge in [0.1, 0.15) is 48.8 Å². The molecule has 4 unspecified atom stereocenters. The Labute approximate surface area is 216 Å². The Morgan fingerprint density at radius 1 is 0.921 bits per heavy atom. The lowest BCUT2D eigenvalue weighted by Crippen LogP contribution is -2.69. The van der Waals surface area contributed by atoms with Crippen LogP contribution in [0.5, 0.6) is 0 Å². The van der Waals surface area contributed by atoms with Crippen LogP contribution in [0.1, 0.15) is 13.3 Å². The molecule has 0 aromatic heterocycles. The van der Waals surface area contributed by atoms with Crippen LogP contribution in [0.3, 0.4) is 0 Å². The number of nitrogens with one attached hydrogen (secondary N) is 1. The summed E-state index contributed by atoms with van der Waals surface area (Å²) in [6.07, 6.45) is -18.5. The van der Waals surface area contributed by atoms with Crippen LogP contribution in [0, 0.1) is 0 Å². The molecule has 0 amide bonds. The van der Waals surface area contributed by atoms with E-state index in [0.717, 1.165) is 7.11 Å². The molecule has 2 fully saturated rings. The Bertz CT molecular complexity index is 1140. The molecule has 23 heteroatoms. The monoisotopic (exact) mass is 617 g/mol. The second kappa shape index (κ2) is 12.6. The fraction of sp³-hybridized carbons (Fsp3) is 0.933. The molecule has 3 N–H and O–H groups in total. The van der Waals surface area contributed by atoms with Crippen molar-refractivity contribution in [2.75, 3.05) is 13.7 Å². The molecule has 10 atom stereocenters. The molecule has 2 rings (SSSR count). The van der Waals surface area contributed by atoms with Gasteiger partial charge in [-0.15, -0.1) is 0 Å². The Hall–Kier alpha value is -1.16. The summed E-state index contributed by atoms with van der Waals surface area (Å²) in [6, 6.07) is -2.15. The van der Waals surface area contributed by atoms with E-state index in [1.807, 2.05) is 0 Å². The van der Waals surface area contributed by atoms with Crippen LogP contribution < -0.4 is 9.83 Å². The predicted octanol–water partition coefficient (Wildman–Crippen LogP) is -6.50. The summed E-state index contributed by atoms with van der Waals surface area (Å²) in [6.45, 7) is 0.182. The van der Waals surface area contributed by atoms with E-state index in [2.05, 4.69) is 8.37 Å². The molecule has 20 nitrogen and oxygen atoms in total. The third-order valence-corrected chi connectivity index (χ3v) is 6.86. The number of hydrogen-bond donors (Lipinski definition) is 3. The SMILES string of the molecule is CC[C@@H]1OC(C(=O)[O-])[C@H](O[C@@H]2OC(COS(=O)(=O)[O-])[C@H](OC)[C@H](O)C2NS(=O)(=O)[O-])[C@H](O)C1OS(=O)(=O)[O-]. The number of aliphatic carboxylic acids is 1. The zero-order valence-electron chi connectivity index (χ0n) is 19.2. The third kappa shape index (κ3) is 8.93. The zero-order valence-corrected chi connectivity index (χ0v) is 21.7. The van der Waals surface area contributed by atoms with Crippen molar-refractivity contribution in [2.45, 2.75) is 74.5 Å². The van der Waals surface area contributed by atoms with Crippen molar-refractivity contribution < 1.29 is 86.3 Å². The van der Waals surface area contributed by atoms with Gasteiger partial charge in [-0.3, -0.25) is 8.37 Å². The summed E-state index contributed by atoms with van der Waals surface area (Å²) >= 11 is 0. The second-order valence-corrected chi connectivity index (χ2v) is 11.1. The van der Waals surface area contributed by atoms with E-state index in [4.69, 9.17) is 18.9 Å². The van der Waals surface area contributed by atoms with Gasteiger partial charge in [-0.1, -0.05) is 6.92 Å². The molecule has 2 heterocycles. The molecule has 0 aliphatic carbocycles. The van der Waals surface area contributed by atoms with Gasteiger partial charge < -0.3 is 52.7 Å². The smallest absolute Gasteiger partial charge is 0.218 e. The fourth-order valence-corrected chi connectivity index (χ4v) is 5.31. The fourth-order valence-electron chi connectivity index (χ4n) is 3.91. The van der Waals surface area contributed by atoms with Crippen molar-refractivity contribution in [2.24, 2.45) is 0 Å². The maximum atomic E-state index is 11.7. The van der Waals surface area contributed by atoms with Gasteiger partial charge in [0.25, 0.3) is 0 Å². The number of carboxylic acids is 1. The van der Waals surface area contributed by atoms with Crippen LogP contribution in [-0.4, -0.2) is 130 Å². The highest BCUT2D eigenvalue weighted by molar-refractivity contribution is 7.83. The summed E-state index contributed by atoms with van der Waals surface area (Å²) in [5, 5.41) is 33.0. The molecular formula is C15H23NO19S3-4. The van der Waals surface area contributed by atoms with Crippen molar-refractivity contribution >= 4 is 37.1 Å². The summed E-state index contributed by atoms with van der Waals surface area (Å²) in [7, 11) is -15.3. The molecule has 2 aliphatic rings. The number of methoxy groups -OCH3 is 1. The summed E-state index contributed by atoms with van der Waals surface area (Å²) in [5.74, 6) is -2.06. The molecule has 0 aromatic rings. The van der Waals surface area contributed by atoms with Gasteiger partial charge in [-0.05, 0) is 6.42 Å². The first-order chi connectivity index (χ1) is 17.3. The lowest BCUT2D eigenvalue weighted by Gasteiger charge is -2.49. The van der Waals surface area contributed by atoms with Gasteiger partial charge in [-0.2, -0.15) is 0 Å². The second-order valence-electron chi connectivity index (χ2n) is 7.91. The first-order valence-electron chi connectivity index (χ1n) is 10.3. The van der Waals surface area contributed by atoms with Gasteiger partial charge in [0.15, 0.2) is 16.6 Å². The van der Waals surface area contributed by atoms with E-state index >= 15 is 0 Å². The summed E-state index contributed by atoms with van der Waals surface area (Å²) in [4.78, 5) is 11.7. The first-order valence-corrected chi connectivity index (χ1v) is 14.4. The van der Waals surface area contributed by atoms with Crippen LogP contribution in [-0.2, 0) is 63.2 Å². The van der Waals surface area contributed by atoms with E-state index in [0.29, 0.717) is 0 Å². The molecule has 2 aliphatic heterocycles. The molecule has 0 radical (unpaired) electrons. The van der Waals surface area contributed by atoms with Crippen molar-refractivity contribution in [3.63, 3.8) is 0 Å². The van der Waals surface area contributed by atoms with Crippen molar-refractivity contribution in [3.8, 4) is 0 Å². The number of hydrogen-bond acceptors (Lipinski definition) is 19. The lowest BCUT2D eigenvalue weighted by atomic mass is 9.92. The molecule has 0 aromatic carbocycles. The summed E-state index contributed by atoms with van der Waals surface area (Å²) < 4.78 is 130. The number of carbonyl (C=O) groups is 1. The maximum Gasteiger partial charge on any atom is 0.218 e. The lowest BCUT2D eigenvalue weighted by molar-refractivity contribution is -0.350. The van der Waals surface area contributed by atoms with Gasteiger partial charge in [-0.25, -0.2) is 30.0 Å². The normalized spacial score (nSPS) is 37.1. The Balaban J connectivity index is 2.49. The van der Waals surface area contributed by atoms with Crippen LogP contribution in [0.25, 0.3) is 0 Å². The van der Waals surface area contributed by atoms with Gasteiger partial charge in [0.2, 0.25) is 20.8 Å². The number of ether oxygens (including phenoxy) is 4. The van der Waals surface area contributed by atoms with Gasteiger partial charge in [0, 0.05) is 7.11 Å². The highest BCUT2D eigenvalue weighted by Gasteiger charge is 2.53. The Morgan fingerprint density at radius 2 is 1.53 bits per heavy atom. The maximum absolute atomic E-state index is 11.7. The van der Waals surface area contributed by atoms with Crippen LogP contribution >= 0.6 is 0 Å². The van der Waals surface area contributed by atoms with Gasteiger partial charge in [0.05, 0.1) is 18.7 Å². The average Bonchev–Trinajstić information content (AvgIpc) is 2.75. The molecule has 38 heavy (non-hydrogen) atoms. The summed E-state index contributed by atoms with van der Waals surface area (Å²) in [5.41, 5.74) is 0. The van der Waals surface area contributed by atoms with E-state index in [-0.39, 0.29) is 6.42 Å². The van der Waals surface area contributed by atoms with Crippen LogP contribution in [0.4, 0.5) is 0 Å². The third-order valence-electron chi connectivity index (χ3n) is 5.42. The molecule has 0 bridgehead atoms. The van der Waals surface area contributed by atoms with Gasteiger partial charge >= 0.3 is 0 Å². The molecule has 0 spiro atoms. The first kappa shape index (κ1) is 33.0. The van der Waals surface area contributed by atoms with Crippen molar-refractivity contribution in [1.29, 1.82) is 0 Å². The molecule has 2 saturated heterocycles. The minimum absolute atomic E-state index is 0.205. The average molecular weight is 618 g/mol. The van der Waals surface area contributed by atoms with E-state index in [1.165, 1.54) is 11.6 Å². The number of aliphatic hydroxyl groups excluding tert-OH is 2.